The molecule has 29 heavy (non-hydrogen) atoms. The third kappa shape index (κ3) is 4.21. The minimum absolute atomic E-state index is 0.0336. The Labute approximate surface area is 170 Å². The number of fused-ring (bicyclic) bond motifs is 1. The van der Waals surface area contributed by atoms with Crippen molar-refractivity contribution in [3.63, 3.8) is 0 Å². The standard InChI is InChI=1S/C22H26FN3O3/c1-14-6-7-19(23)18-11-20(25-21(14)18)22(27)24-15-4-3-5-16(10-15)26-8-9-29-17(12-26)13-28-2/h3-7,10,17,20,25H,8-9,11-13H2,1-2H3,(H,24,27). The maximum absolute atomic E-state index is 14.1. The van der Waals surface area contributed by atoms with Gasteiger partial charge in [0.25, 0.3) is 0 Å². The topological polar surface area (TPSA) is 62.8 Å². The van der Waals surface area contributed by atoms with Gasteiger partial charge in [0, 0.05) is 49.2 Å². The molecule has 2 atom stereocenters. The lowest BCUT2D eigenvalue weighted by molar-refractivity contribution is -0.116. The summed E-state index contributed by atoms with van der Waals surface area (Å²) in [6, 6.07) is 10.5. The Hall–Kier alpha value is -2.64. The van der Waals surface area contributed by atoms with E-state index < -0.39 is 6.04 Å². The van der Waals surface area contributed by atoms with Crippen LogP contribution in [-0.2, 0) is 20.7 Å². The number of morpholine rings is 1. The summed E-state index contributed by atoms with van der Waals surface area (Å²) in [5, 5.41) is 6.14. The van der Waals surface area contributed by atoms with Crippen LogP contribution in [0, 0.1) is 12.7 Å². The zero-order valence-corrected chi connectivity index (χ0v) is 16.7. The predicted octanol–water partition coefficient (Wildman–Crippen LogP) is 2.96. The quantitative estimate of drug-likeness (QED) is 0.810. The average Bonchev–Trinajstić information content (AvgIpc) is 3.19. The van der Waals surface area contributed by atoms with Crippen LogP contribution in [0.15, 0.2) is 36.4 Å². The first-order valence-electron chi connectivity index (χ1n) is 9.86. The highest BCUT2D eigenvalue weighted by molar-refractivity contribution is 5.98. The number of ether oxygens (including phenoxy) is 2. The SMILES string of the molecule is COCC1CN(c2cccc(NC(=O)C3Cc4c(F)ccc(C)c4N3)c2)CCO1. The monoisotopic (exact) mass is 399 g/mol. The highest BCUT2D eigenvalue weighted by atomic mass is 19.1. The molecule has 2 aromatic rings. The van der Waals surface area contributed by atoms with Crippen LogP contribution in [0.3, 0.4) is 0 Å². The van der Waals surface area contributed by atoms with E-state index in [1.54, 1.807) is 13.2 Å². The van der Waals surface area contributed by atoms with Crippen LogP contribution in [0.5, 0.6) is 0 Å². The number of hydrogen-bond donors (Lipinski definition) is 2. The molecule has 2 aromatic carbocycles. The summed E-state index contributed by atoms with van der Waals surface area (Å²) in [5.74, 6) is -0.440. The van der Waals surface area contributed by atoms with Gasteiger partial charge in [0.1, 0.15) is 11.9 Å². The van der Waals surface area contributed by atoms with Gasteiger partial charge in [0.15, 0.2) is 0 Å². The van der Waals surface area contributed by atoms with E-state index in [-0.39, 0.29) is 17.8 Å². The molecule has 1 fully saturated rings. The lowest BCUT2D eigenvalue weighted by Gasteiger charge is -2.34. The molecule has 2 heterocycles. The third-order valence-electron chi connectivity index (χ3n) is 5.48. The van der Waals surface area contributed by atoms with Gasteiger partial charge in [-0.15, -0.1) is 0 Å². The number of aryl methyl sites for hydroxylation is 1. The maximum Gasteiger partial charge on any atom is 0.247 e. The van der Waals surface area contributed by atoms with Gasteiger partial charge in [-0.3, -0.25) is 4.79 Å². The van der Waals surface area contributed by atoms with Crippen LogP contribution in [0.2, 0.25) is 0 Å². The molecule has 0 aliphatic carbocycles. The molecule has 7 heteroatoms. The number of nitrogens with zero attached hydrogens (tertiary/aromatic N) is 1. The van der Waals surface area contributed by atoms with Gasteiger partial charge in [0.2, 0.25) is 5.91 Å². The molecule has 1 amide bonds. The molecule has 2 aliphatic rings. The van der Waals surface area contributed by atoms with Gasteiger partial charge in [-0.25, -0.2) is 4.39 Å². The molecule has 0 radical (unpaired) electrons. The molecule has 1 saturated heterocycles. The van der Waals surface area contributed by atoms with Crippen molar-refractivity contribution in [3.05, 3.63) is 53.3 Å². The first kappa shape index (κ1) is 19.7. The van der Waals surface area contributed by atoms with Crippen molar-refractivity contribution in [2.75, 3.05) is 48.9 Å². The number of carbonyl (C=O) groups excluding carboxylic acids is 1. The molecule has 0 spiro atoms. The number of nitrogens with one attached hydrogen (secondary N) is 2. The highest BCUT2D eigenvalue weighted by Gasteiger charge is 2.30. The first-order chi connectivity index (χ1) is 14.0. The lowest BCUT2D eigenvalue weighted by Crippen LogP contribution is -2.44. The molecule has 154 valence electrons. The molecule has 4 rings (SSSR count). The first-order valence-corrected chi connectivity index (χ1v) is 9.86. The van der Waals surface area contributed by atoms with E-state index in [0.717, 1.165) is 35.7 Å². The Morgan fingerprint density at radius 1 is 1.38 bits per heavy atom. The van der Waals surface area contributed by atoms with Crippen molar-refractivity contribution in [2.24, 2.45) is 0 Å². The number of amides is 1. The molecule has 0 bridgehead atoms. The van der Waals surface area contributed by atoms with Gasteiger partial charge in [0.05, 0.1) is 19.3 Å². The Kier molecular flexibility index (Phi) is 5.69. The van der Waals surface area contributed by atoms with E-state index in [0.29, 0.717) is 25.2 Å². The van der Waals surface area contributed by atoms with E-state index in [9.17, 15) is 9.18 Å². The Morgan fingerprint density at radius 3 is 3.03 bits per heavy atom. The summed E-state index contributed by atoms with van der Waals surface area (Å²) in [5.41, 5.74) is 4.00. The van der Waals surface area contributed by atoms with Crippen LogP contribution in [0.25, 0.3) is 0 Å². The summed E-state index contributed by atoms with van der Waals surface area (Å²) in [7, 11) is 1.67. The fourth-order valence-corrected chi connectivity index (χ4v) is 3.98. The normalized spacial score (nSPS) is 20.9. The van der Waals surface area contributed by atoms with Crippen molar-refractivity contribution in [2.45, 2.75) is 25.5 Å². The van der Waals surface area contributed by atoms with E-state index in [4.69, 9.17) is 9.47 Å². The molecule has 2 unspecified atom stereocenters. The predicted molar refractivity (Wildman–Crippen MR) is 111 cm³/mol. The number of methoxy groups -OCH3 is 1. The molecule has 2 N–H and O–H groups in total. The van der Waals surface area contributed by atoms with Crippen molar-refractivity contribution in [1.82, 2.24) is 0 Å². The number of benzene rings is 2. The minimum Gasteiger partial charge on any atom is -0.382 e. The Bertz CT molecular complexity index is 872. The number of hydrogen-bond acceptors (Lipinski definition) is 5. The minimum atomic E-state index is -0.487. The molecule has 2 aliphatic heterocycles. The fraction of sp³-hybridized carbons (Fsp3) is 0.409. The maximum atomic E-state index is 14.1. The molecule has 0 aromatic heterocycles. The van der Waals surface area contributed by atoms with Crippen LogP contribution in [0.1, 0.15) is 11.1 Å². The van der Waals surface area contributed by atoms with Crippen molar-refractivity contribution >= 4 is 23.0 Å². The van der Waals surface area contributed by atoms with Crippen LogP contribution >= 0.6 is 0 Å². The van der Waals surface area contributed by atoms with E-state index in [1.807, 2.05) is 31.2 Å². The number of anilines is 3. The lowest BCUT2D eigenvalue weighted by atomic mass is 10.1. The van der Waals surface area contributed by atoms with Gasteiger partial charge in [-0.1, -0.05) is 12.1 Å². The van der Waals surface area contributed by atoms with Crippen molar-refractivity contribution in [3.8, 4) is 0 Å². The van der Waals surface area contributed by atoms with E-state index in [1.165, 1.54) is 6.07 Å². The Balaban J connectivity index is 1.43. The highest BCUT2D eigenvalue weighted by Crippen LogP contribution is 2.32. The summed E-state index contributed by atoms with van der Waals surface area (Å²) >= 11 is 0. The number of rotatable bonds is 5. The molecular formula is C22H26FN3O3. The summed E-state index contributed by atoms with van der Waals surface area (Å²) in [6.45, 7) is 4.63. The fourth-order valence-electron chi connectivity index (χ4n) is 3.98. The van der Waals surface area contributed by atoms with Gasteiger partial charge >= 0.3 is 0 Å². The zero-order chi connectivity index (χ0) is 20.4. The second kappa shape index (κ2) is 8.39. The molecule has 0 saturated carbocycles. The summed E-state index contributed by atoms with van der Waals surface area (Å²) in [4.78, 5) is 15.0. The van der Waals surface area contributed by atoms with Crippen LogP contribution in [-0.4, -0.2) is 51.5 Å². The van der Waals surface area contributed by atoms with Gasteiger partial charge in [-0.2, -0.15) is 0 Å². The summed E-state index contributed by atoms with van der Waals surface area (Å²) < 4.78 is 25.0. The van der Waals surface area contributed by atoms with Crippen LogP contribution in [0.4, 0.5) is 21.5 Å². The molecular weight excluding hydrogens is 373 g/mol. The third-order valence-corrected chi connectivity index (χ3v) is 5.48. The summed E-state index contributed by atoms with van der Waals surface area (Å²) in [6.07, 6.45) is 0.377. The van der Waals surface area contributed by atoms with Crippen molar-refractivity contribution in [1.29, 1.82) is 0 Å². The average molecular weight is 399 g/mol. The van der Waals surface area contributed by atoms with E-state index >= 15 is 0 Å². The van der Waals surface area contributed by atoms with Gasteiger partial charge in [-0.05, 0) is 36.8 Å². The zero-order valence-electron chi connectivity index (χ0n) is 16.7. The van der Waals surface area contributed by atoms with Crippen LogP contribution < -0.4 is 15.5 Å². The largest absolute Gasteiger partial charge is 0.382 e. The van der Waals surface area contributed by atoms with Gasteiger partial charge < -0.3 is 25.0 Å². The second-order valence-corrected chi connectivity index (χ2v) is 7.55. The second-order valence-electron chi connectivity index (χ2n) is 7.55. The molecule has 6 nitrogen and oxygen atoms in total. The Morgan fingerprint density at radius 2 is 2.24 bits per heavy atom. The van der Waals surface area contributed by atoms with Crippen molar-refractivity contribution < 1.29 is 18.7 Å². The number of halogens is 1. The number of carbonyl (C=O) groups is 1. The smallest absolute Gasteiger partial charge is 0.247 e. The van der Waals surface area contributed by atoms with E-state index in [2.05, 4.69) is 15.5 Å².